The molecule has 3 rings (SSSR count). The third-order valence-corrected chi connectivity index (χ3v) is 4.35. The molecule has 21 heavy (non-hydrogen) atoms. The Hall–Kier alpha value is -1.88. The Bertz CT molecular complexity index is 558. The normalized spacial score (nSPS) is 24.2. The van der Waals surface area contributed by atoms with Gasteiger partial charge in [-0.3, -0.25) is 9.59 Å². The maximum atomic E-state index is 12.6. The summed E-state index contributed by atoms with van der Waals surface area (Å²) in [4.78, 5) is 26.1. The van der Waals surface area contributed by atoms with Gasteiger partial charge < -0.3 is 15.0 Å². The highest BCUT2D eigenvalue weighted by molar-refractivity contribution is 5.86. The number of hydrogen-bond acceptors (Lipinski definition) is 3. The van der Waals surface area contributed by atoms with Gasteiger partial charge in [-0.15, -0.1) is 0 Å². The van der Waals surface area contributed by atoms with E-state index >= 15 is 0 Å². The van der Waals surface area contributed by atoms with Crippen LogP contribution in [0.3, 0.4) is 0 Å². The van der Waals surface area contributed by atoms with E-state index in [2.05, 4.69) is 12.1 Å². The highest BCUT2D eigenvalue weighted by atomic mass is 16.5. The quantitative estimate of drug-likeness (QED) is 0.797. The molecule has 2 N–H and O–H groups in total. The van der Waals surface area contributed by atoms with Crippen LogP contribution in [0.5, 0.6) is 0 Å². The van der Waals surface area contributed by atoms with Gasteiger partial charge in [0.05, 0.1) is 6.61 Å². The average molecular weight is 289 g/mol. The van der Waals surface area contributed by atoms with Crippen LogP contribution in [0.4, 0.5) is 0 Å². The van der Waals surface area contributed by atoms with Gasteiger partial charge in [0.1, 0.15) is 19.0 Å². The van der Waals surface area contributed by atoms with Gasteiger partial charge in [-0.05, 0) is 24.5 Å². The average Bonchev–Trinajstić information content (AvgIpc) is 2.50. The van der Waals surface area contributed by atoms with E-state index in [0.29, 0.717) is 6.61 Å². The van der Waals surface area contributed by atoms with Crippen molar-refractivity contribution in [2.75, 3.05) is 19.7 Å². The van der Waals surface area contributed by atoms with E-state index < -0.39 is 0 Å². The molecule has 112 valence electrons. The van der Waals surface area contributed by atoms with Crippen LogP contribution in [0.25, 0.3) is 0 Å². The van der Waals surface area contributed by atoms with Gasteiger partial charge in [-0.1, -0.05) is 24.3 Å². The number of nitrogens with zero attached hydrogens (tertiary/aromatic N) is 1. The number of carbonyl (C=O) groups excluding carboxylic acids is 2. The molecule has 1 aromatic carbocycles. The Labute approximate surface area is 124 Å². The molecule has 1 fully saturated rings. The summed E-state index contributed by atoms with van der Waals surface area (Å²) < 4.78 is 4.96. The Morgan fingerprint density at radius 3 is 3.05 bits per heavy atom. The third-order valence-electron chi connectivity index (χ3n) is 4.35. The van der Waals surface area contributed by atoms with Gasteiger partial charge in [0.25, 0.3) is 5.91 Å². The van der Waals surface area contributed by atoms with E-state index in [0.717, 1.165) is 19.5 Å². The standard InChI is InChI=1S/C16H20N2O3/c1-2-21-15(19)9-13-16(20)18-8-7-11-5-3-4-6-12(11)14(18)10-17-13/h3-6,13-14,17H,2,7-10H2,1H3/p+1/t13-,14-/m1/s1. The van der Waals surface area contributed by atoms with Crippen LogP contribution < -0.4 is 5.32 Å². The molecule has 0 aliphatic carbocycles. The minimum atomic E-state index is -0.328. The number of carbonyl (C=O) groups is 2. The first-order valence-corrected chi connectivity index (χ1v) is 7.58. The molecule has 0 bridgehead atoms. The zero-order chi connectivity index (χ0) is 14.8. The number of amides is 1. The minimum Gasteiger partial charge on any atom is -0.466 e. The number of esters is 1. The summed E-state index contributed by atoms with van der Waals surface area (Å²) in [6.07, 6.45) is 1.06. The molecule has 2 aliphatic rings. The number of quaternary nitrogens is 1. The SMILES string of the molecule is CCOC(=O)C[C@H]1[NH2+]C[C@@H]2c3ccccc3CCN2C1=O. The van der Waals surface area contributed by atoms with Crippen LogP contribution in [0, 0.1) is 0 Å². The largest absolute Gasteiger partial charge is 0.466 e. The second-order valence-corrected chi connectivity index (χ2v) is 5.58. The van der Waals surface area contributed by atoms with Gasteiger partial charge >= 0.3 is 5.97 Å². The molecule has 0 unspecified atom stereocenters. The molecule has 1 amide bonds. The first kappa shape index (κ1) is 14.1. The number of rotatable bonds is 3. The summed E-state index contributed by atoms with van der Waals surface area (Å²) in [5, 5.41) is 1.99. The summed E-state index contributed by atoms with van der Waals surface area (Å²) in [6, 6.07) is 8.14. The number of nitrogens with two attached hydrogens (primary N) is 1. The second kappa shape index (κ2) is 5.85. The van der Waals surface area contributed by atoms with E-state index in [1.807, 2.05) is 22.3 Å². The van der Waals surface area contributed by atoms with Gasteiger partial charge in [0.15, 0.2) is 6.04 Å². The van der Waals surface area contributed by atoms with Crippen molar-refractivity contribution in [1.29, 1.82) is 0 Å². The number of fused-ring (bicyclic) bond motifs is 3. The van der Waals surface area contributed by atoms with Crippen LogP contribution in [0.1, 0.15) is 30.5 Å². The van der Waals surface area contributed by atoms with Crippen molar-refractivity contribution in [3.63, 3.8) is 0 Å². The maximum absolute atomic E-state index is 12.6. The molecule has 0 spiro atoms. The van der Waals surface area contributed by atoms with Crippen molar-refractivity contribution >= 4 is 11.9 Å². The van der Waals surface area contributed by atoms with E-state index in [1.165, 1.54) is 11.1 Å². The van der Waals surface area contributed by atoms with Gasteiger partial charge in [-0.2, -0.15) is 0 Å². The molecule has 1 aromatic rings. The highest BCUT2D eigenvalue weighted by Crippen LogP contribution is 2.30. The van der Waals surface area contributed by atoms with Gasteiger partial charge in [0.2, 0.25) is 0 Å². The molecule has 2 aliphatic heterocycles. The van der Waals surface area contributed by atoms with E-state index in [1.54, 1.807) is 6.92 Å². The predicted molar refractivity (Wildman–Crippen MR) is 76.4 cm³/mol. The fourth-order valence-corrected chi connectivity index (χ4v) is 3.35. The van der Waals surface area contributed by atoms with Crippen LogP contribution in [-0.2, 0) is 20.7 Å². The smallest absolute Gasteiger partial charge is 0.312 e. The van der Waals surface area contributed by atoms with Crippen molar-refractivity contribution in [1.82, 2.24) is 4.90 Å². The molecule has 5 nitrogen and oxygen atoms in total. The first-order valence-electron chi connectivity index (χ1n) is 7.58. The highest BCUT2D eigenvalue weighted by Gasteiger charge is 2.42. The van der Waals surface area contributed by atoms with Gasteiger partial charge in [0, 0.05) is 6.54 Å². The summed E-state index contributed by atoms with van der Waals surface area (Å²) in [5.74, 6) is -0.225. The Morgan fingerprint density at radius 2 is 2.24 bits per heavy atom. The molecule has 0 radical (unpaired) electrons. The number of piperazine rings is 1. The molecule has 0 saturated carbocycles. The fraction of sp³-hybridized carbons (Fsp3) is 0.500. The third kappa shape index (κ3) is 2.65. The van der Waals surface area contributed by atoms with Crippen molar-refractivity contribution in [3.8, 4) is 0 Å². The zero-order valence-corrected chi connectivity index (χ0v) is 12.2. The maximum Gasteiger partial charge on any atom is 0.312 e. The van der Waals surface area contributed by atoms with E-state index in [4.69, 9.17) is 4.74 Å². The Kier molecular flexibility index (Phi) is 3.92. The van der Waals surface area contributed by atoms with E-state index in [9.17, 15) is 9.59 Å². The zero-order valence-electron chi connectivity index (χ0n) is 12.2. The summed E-state index contributed by atoms with van der Waals surface area (Å²) in [7, 11) is 0. The monoisotopic (exact) mass is 289 g/mol. The molecule has 5 heteroatoms. The number of hydrogen-bond donors (Lipinski definition) is 1. The summed E-state index contributed by atoms with van der Waals surface area (Å²) in [5.41, 5.74) is 2.59. The summed E-state index contributed by atoms with van der Waals surface area (Å²) >= 11 is 0. The van der Waals surface area contributed by atoms with Crippen LogP contribution in [-0.4, -0.2) is 42.5 Å². The molecule has 1 saturated heterocycles. The Morgan fingerprint density at radius 1 is 1.43 bits per heavy atom. The van der Waals surface area contributed by atoms with Crippen LogP contribution >= 0.6 is 0 Å². The lowest BCUT2D eigenvalue weighted by Crippen LogP contribution is -2.97. The fourth-order valence-electron chi connectivity index (χ4n) is 3.35. The van der Waals surface area contributed by atoms with Crippen molar-refractivity contribution in [2.45, 2.75) is 31.8 Å². The molecular formula is C16H21N2O3+. The molecule has 2 atom stereocenters. The Balaban J connectivity index is 1.74. The first-order chi connectivity index (χ1) is 10.2. The van der Waals surface area contributed by atoms with Crippen molar-refractivity contribution in [3.05, 3.63) is 35.4 Å². The second-order valence-electron chi connectivity index (χ2n) is 5.58. The lowest BCUT2D eigenvalue weighted by Gasteiger charge is -2.41. The van der Waals surface area contributed by atoms with E-state index in [-0.39, 0.29) is 30.4 Å². The molecule has 0 aromatic heterocycles. The lowest BCUT2D eigenvalue weighted by molar-refractivity contribution is -0.688. The van der Waals surface area contributed by atoms with Crippen molar-refractivity contribution < 1.29 is 19.6 Å². The molecular weight excluding hydrogens is 268 g/mol. The predicted octanol–water partition coefficient (Wildman–Crippen LogP) is 0.0112. The number of ether oxygens (including phenoxy) is 1. The van der Waals surface area contributed by atoms with Crippen LogP contribution in [0.15, 0.2) is 24.3 Å². The topological polar surface area (TPSA) is 63.2 Å². The lowest BCUT2D eigenvalue weighted by atomic mass is 9.90. The number of benzene rings is 1. The molecule has 2 heterocycles. The summed E-state index contributed by atoms with van der Waals surface area (Å²) in [6.45, 7) is 3.70. The minimum absolute atomic E-state index is 0.0637. The van der Waals surface area contributed by atoms with Crippen molar-refractivity contribution in [2.24, 2.45) is 0 Å². The van der Waals surface area contributed by atoms with Crippen LogP contribution in [0.2, 0.25) is 0 Å². The van der Waals surface area contributed by atoms with Gasteiger partial charge in [-0.25, -0.2) is 0 Å².